The molecule has 0 fully saturated rings. The zero-order valence-electron chi connectivity index (χ0n) is 16.1. The maximum absolute atomic E-state index is 11.5. The van der Waals surface area contributed by atoms with Gasteiger partial charge in [-0.05, 0) is 35.6 Å². The largest absolute Gasteiger partial charge is 0.393 e. The number of hydrogen-bond donors (Lipinski definition) is 1. The number of benzene rings is 2. The van der Waals surface area contributed by atoms with Crippen molar-refractivity contribution < 1.29 is 14.2 Å². The summed E-state index contributed by atoms with van der Waals surface area (Å²) in [6, 6.07) is 16.6. The van der Waals surface area contributed by atoms with Crippen LogP contribution in [0, 0.1) is 0 Å². The van der Waals surface area contributed by atoms with Crippen LogP contribution >= 0.6 is 0 Å². The van der Waals surface area contributed by atoms with Gasteiger partial charge < -0.3 is 9.94 Å². The highest BCUT2D eigenvalue weighted by Gasteiger charge is 2.25. The van der Waals surface area contributed by atoms with E-state index in [2.05, 4.69) is 53.7 Å². The molecule has 4 nitrogen and oxygen atoms in total. The second-order valence-corrected chi connectivity index (χ2v) is 9.14. The van der Waals surface area contributed by atoms with Gasteiger partial charge in [-0.2, -0.15) is 0 Å². The lowest BCUT2D eigenvalue weighted by atomic mass is 9.98. The predicted molar refractivity (Wildman–Crippen MR) is 111 cm³/mol. The Hall–Kier alpha value is -1.98. The van der Waals surface area contributed by atoms with Gasteiger partial charge in [-0.1, -0.05) is 60.6 Å². The van der Waals surface area contributed by atoms with Crippen molar-refractivity contribution in [3.05, 3.63) is 59.7 Å². The van der Waals surface area contributed by atoms with Gasteiger partial charge >= 0.3 is 0 Å². The van der Waals surface area contributed by atoms with Gasteiger partial charge in [0.2, 0.25) is 0 Å². The van der Waals surface area contributed by atoms with Crippen molar-refractivity contribution >= 4 is 16.5 Å². The van der Waals surface area contributed by atoms with Crippen molar-refractivity contribution in [1.82, 2.24) is 0 Å². The summed E-state index contributed by atoms with van der Waals surface area (Å²) in [5.41, 5.74) is 5.45. The SMILES string of the molecule is CC(O)Cc1ccc(-c2ccc(C3=NOC(CC(C)S(C)=O)C3)cc2)cc1. The second kappa shape index (κ2) is 8.81. The lowest BCUT2D eigenvalue weighted by Crippen LogP contribution is -2.19. The number of nitrogens with zero attached hydrogens (tertiary/aromatic N) is 1. The zero-order chi connectivity index (χ0) is 19.4. The monoisotopic (exact) mass is 385 g/mol. The molecule has 27 heavy (non-hydrogen) atoms. The quantitative estimate of drug-likeness (QED) is 0.786. The summed E-state index contributed by atoms with van der Waals surface area (Å²) in [6.07, 6.45) is 3.61. The molecular weight excluding hydrogens is 358 g/mol. The summed E-state index contributed by atoms with van der Waals surface area (Å²) >= 11 is 0. The minimum absolute atomic E-state index is 0.0139. The Morgan fingerprint density at radius 1 is 1.07 bits per heavy atom. The molecule has 0 aliphatic carbocycles. The van der Waals surface area contributed by atoms with Crippen LogP contribution in [-0.2, 0) is 22.1 Å². The smallest absolute Gasteiger partial charge is 0.134 e. The molecule has 2 aromatic rings. The Balaban J connectivity index is 1.63. The molecule has 1 aliphatic rings. The van der Waals surface area contributed by atoms with Gasteiger partial charge in [-0.3, -0.25) is 4.21 Å². The van der Waals surface area contributed by atoms with E-state index in [4.69, 9.17) is 4.84 Å². The predicted octanol–water partition coefficient (Wildman–Crippen LogP) is 3.93. The molecule has 2 aromatic carbocycles. The van der Waals surface area contributed by atoms with E-state index in [1.54, 1.807) is 13.2 Å². The third-order valence-corrected chi connectivity index (χ3v) is 6.26. The van der Waals surface area contributed by atoms with Gasteiger partial charge in [0.1, 0.15) is 6.10 Å². The van der Waals surface area contributed by atoms with Gasteiger partial charge in [0, 0.05) is 35.1 Å². The Bertz CT molecular complexity index is 812. The standard InChI is InChI=1S/C22H27NO3S/c1-15(24)12-17-4-6-18(7-5-17)19-8-10-20(11-9-19)22-14-21(26-23-22)13-16(2)27(3)25/h4-11,15-16,21,24H,12-14H2,1-3H3. The van der Waals surface area contributed by atoms with E-state index in [9.17, 15) is 9.32 Å². The zero-order valence-corrected chi connectivity index (χ0v) is 16.9. The summed E-state index contributed by atoms with van der Waals surface area (Å²) in [7, 11) is -0.836. The summed E-state index contributed by atoms with van der Waals surface area (Å²) in [6.45, 7) is 3.79. The first kappa shape index (κ1) is 19.8. The summed E-state index contributed by atoms with van der Waals surface area (Å²) < 4.78 is 11.5. The number of aliphatic hydroxyl groups excluding tert-OH is 1. The van der Waals surface area contributed by atoms with Crippen LogP contribution in [0.1, 0.15) is 37.8 Å². The van der Waals surface area contributed by atoms with Crippen molar-refractivity contribution in [1.29, 1.82) is 0 Å². The lowest BCUT2D eigenvalue weighted by molar-refractivity contribution is 0.0794. The van der Waals surface area contributed by atoms with E-state index in [1.807, 2.05) is 6.92 Å². The number of rotatable bonds is 7. The normalized spacial score (nSPS) is 19.9. The Morgan fingerprint density at radius 3 is 2.19 bits per heavy atom. The van der Waals surface area contributed by atoms with Crippen LogP contribution in [0.25, 0.3) is 11.1 Å². The molecule has 0 amide bonds. The molecule has 0 spiro atoms. The highest BCUT2D eigenvalue weighted by Crippen LogP contribution is 2.25. The first-order chi connectivity index (χ1) is 12.9. The van der Waals surface area contributed by atoms with Crippen LogP contribution in [0.2, 0.25) is 0 Å². The molecule has 0 saturated heterocycles. The molecule has 1 aliphatic heterocycles. The van der Waals surface area contributed by atoms with Gasteiger partial charge in [0.05, 0.1) is 11.8 Å². The van der Waals surface area contributed by atoms with Crippen molar-refractivity contribution in [3.8, 4) is 11.1 Å². The number of oxime groups is 1. The fraction of sp³-hybridized carbons (Fsp3) is 0.409. The highest BCUT2D eigenvalue weighted by atomic mass is 32.2. The maximum Gasteiger partial charge on any atom is 0.134 e. The summed E-state index contributed by atoms with van der Waals surface area (Å²) in [5.74, 6) is 0. The summed E-state index contributed by atoms with van der Waals surface area (Å²) in [4.78, 5) is 5.53. The lowest BCUT2D eigenvalue weighted by Gasteiger charge is -2.12. The van der Waals surface area contributed by atoms with Crippen molar-refractivity contribution in [2.45, 2.75) is 50.6 Å². The Labute approximate surface area is 163 Å². The van der Waals surface area contributed by atoms with Gasteiger partial charge in [-0.25, -0.2) is 0 Å². The summed E-state index contributed by atoms with van der Waals surface area (Å²) in [5, 5.41) is 13.8. The first-order valence-corrected chi connectivity index (χ1v) is 11.0. The van der Waals surface area contributed by atoms with E-state index in [-0.39, 0.29) is 17.5 Å². The maximum atomic E-state index is 11.5. The topological polar surface area (TPSA) is 58.9 Å². The molecule has 1 heterocycles. The molecule has 4 unspecified atom stereocenters. The van der Waals surface area contributed by atoms with Crippen molar-refractivity contribution in [2.24, 2.45) is 5.16 Å². The molecule has 5 heteroatoms. The van der Waals surface area contributed by atoms with Crippen molar-refractivity contribution in [2.75, 3.05) is 6.26 Å². The minimum Gasteiger partial charge on any atom is -0.393 e. The molecule has 144 valence electrons. The van der Waals surface area contributed by atoms with Crippen LogP contribution in [0.15, 0.2) is 53.7 Å². The number of aliphatic hydroxyl groups is 1. The van der Waals surface area contributed by atoms with Crippen LogP contribution in [-0.4, -0.2) is 38.7 Å². The second-order valence-electron chi connectivity index (χ2n) is 7.34. The van der Waals surface area contributed by atoms with E-state index in [1.165, 1.54) is 0 Å². The molecule has 1 N–H and O–H groups in total. The molecule has 4 atom stereocenters. The Morgan fingerprint density at radius 2 is 1.63 bits per heavy atom. The van der Waals surface area contributed by atoms with Crippen LogP contribution in [0.3, 0.4) is 0 Å². The molecular formula is C22H27NO3S. The van der Waals surface area contributed by atoms with Gasteiger partial charge in [0.15, 0.2) is 0 Å². The Kier molecular flexibility index (Phi) is 6.45. The first-order valence-electron chi connectivity index (χ1n) is 9.35. The minimum atomic E-state index is -0.836. The average Bonchev–Trinajstić information content (AvgIpc) is 3.10. The van der Waals surface area contributed by atoms with E-state index < -0.39 is 10.8 Å². The highest BCUT2D eigenvalue weighted by molar-refractivity contribution is 7.84. The molecule has 0 bridgehead atoms. The van der Waals surface area contributed by atoms with E-state index in [0.29, 0.717) is 6.42 Å². The van der Waals surface area contributed by atoms with E-state index >= 15 is 0 Å². The fourth-order valence-corrected chi connectivity index (χ4v) is 3.75. The third-order valence-electron chi connectivity index (χ3n) is 4.93. The molecule has 3 rings (SSSR count). The van der Waals surface area contributed by atoms with E-state index in [0.717, 1.165) is 40.8 Å². The molecule has 0 saturated carbocycles. The third kappa shape index (κ3) is 5.27. The van der Waals surface area contributed by atoms with Crippen molar-refractivity contribution in [3.63, 3.8) is 0 Å². The molecule has 0 aromatic heterocycles. The number of hydrogen-bond acceptors (Lipinski definition) is 4. The van der Waals surface area contributed by atoms with Crippen LogP contribution in [0.5, 0.6) is 0 Å². The van der Waals surface area contributed by atoms with Gasteiger partial charge in [0.25, 0.3) is 0 Å². The van der Waals surface area contributed by atoms with Crippen LogP contribution in [0.4, 0.5) is 0 Å². The molecule has 0 radical (unpaired) electrons. The average molecular weight is 386 g/mol. The van der Waals surface area contributed by atoms with Gasteiger partial charge in [-0.15, -0.1) is 0 Å². The van der Waals surface area contributed by atoms with Crippen LogP contribution < -0.4 is 0 Å². The fourth-order valence-electron chi connectivity index (χ4n) is 3.26.